The standard InChI is InChI=1S/C11H21N3O4/c1-4-11(3,9(16)17)7-13-10(18)14(5-2)6-8(12)15/h4-7H2,1-3H3,(H2,12,15)(H,13,18)(H,16,17). The number of primary amides is 1. The summed E-state index contributed by atoms with van der Waals surface area (Å²) in [5.41, 5.74) is 4.00. The molecule has 0 spiro atoms. The third kappa shape index (κ3) is 4.60. The Morgan fingerprint density at radius 3 is 2.22 bits per heavy atom. The van der Waals surface area contributed by atoms with E-state index in [2.05, 4.69) is 5.32 Å². The Morgan fingerprint density at radius 2 is 1.89 bits per heavy atom. The van der Waals surface area contributed by atoms with Gasteiger partial charge in [0.2, 0.25) is 5.91 Å². The maximum Gasteiger partial charge on any atom is 0.317 e. The van der Waals surface area contributed by atoms with Gasteiger partial charge in [-0.25, -0.2) is 4.79 Å². The molecule has 0 aliphatic rings. The lowest BCUT2D eigenvalue weighted by Crippen LogP contribution is -2.48. The van der Waals surface area contributed by atoms with Gasteiger partial charge in [0.05, 0.1) is 5.41 Å². The lowest BCUT2D eigenvalue weighted by molar-refractivity contribution is -0.147. The number of carbonyl (C=O) groups excluding carboxylic acids is 2. The Labute approximate surface area is 106 Å². The van der Waals surface area contributed by atoms with Crippen LogP contribution < -0.4 is 11.1 Å². The van der Waals surface area contributed by atoms with Crippen molar-refractivity contribution in [3.8, 4) is 0 Å². The highest BCUT2D eigenvalue weighted by molar-refractivity contribution is 5.83. The maximum absolute atomic E-state index is 11.7. The molecule has 1 atom stereocenters. The molecule has 0 aliphatic carbocycles. The Kier molecular flexibility index (Phi) is 6.15. The maximum atomic E-state index is 11.7. The number of nitrogens with two attached hydrogens (primary N) is 1. The second kappa shape index (κ2) is 6.83. The molecule has 1 unspecified atom stereocenters. The molecule has 0 aliphatic heterocycles. The summed E-state index contributed by atoms with van der Waals surface area (Å²) in [4.78, 5) is 34.7. The first kappa shape index (κ1) is 16.2. The van der Waals surface area contributed by atoms with Gasteiger partial charge >= 0.3 is 12.0 Å². The summed E-state index contributed by atoms with van der Waals surface area (Å²) in [5, 5.41) is 11.6. The van der Waals surface area contributed by atoms with Crippen LogP contribution in [0.1, 0.15) is 27.2 Å². The van der Waals surface area contributed by atoms with E-state index in [-0.39, 0.29) is 13.1 Å². The van der Waals surface area contributed by atoms with Crippen LogP contribution in [0.3, 0.4) is 0 Å². The molecule has 0 aromatic heterocycles. The topological polar surface area (TPSA) is 113 Å². The highest BCUT2D eigenvalue weighted by Gasteiger charge is 2.32. The number of hydrogen-bond donors (Lipinski definition) is 3. The van der Waals surface area contributed by atoms with Crippen molar-refractivity contribution in [3.63, 3.8) is 0 Å². The van der Waals surface area contributed by atoms with Crippen LogP contribution in [0, 0.1) is 5.41 Å². The number of likely N-dealkylation sites (N-methyl/N-ethyl adjacent to an activating group) is 1. The van der Waals surface area contributed by atoms with Crippen LogP contribution in [0.4, 0.5) is 4.79 Å². The molecule has 0 aromatic carbocycles. The van der Waals surface area contributed by atoms with Crippen LogP contribution in [0.25, 0.3) is 0 Å². The second-order valence-electron chi connectivity index (χ2n) is 4.36. The van der Waals surface area contributed by atoms with Gasteiger partial charge in [0, 0.05) is 13.1 Å². The molecule has 0 rings (SSSR count). The van der Waals surface area contributed by atoms with Gasteiger partial charge in [0.25, 0.3) is 0 Å². The number of urea groups is 1. The third-order valence-electron chi connectivity index (χ3n) is 2.94. The van der Waals surface area contributed by atoms with Crippen molar-refractivity contribution < 1.29 is 19.5 Å². The minimum atomic E-state index is -1.01. The summed E-state index contributed by atoms with van der Waals surface area (Å²) in [6.07, 6.45) is 0.393. The predicted octanol–water partition coefficient (Wildman–Crippen LogP) is 0.00410. The summed E-state index contributed by atoms with van der Waals surface area (Å²) < 4.78 is 0. The quantitative estimate of drug-likeness (QED) is 0.597. The van der Waals surface area contributed by atoms with E-state index in [0.29, 0.717) is 13.0 Å². The molecule has 104 valence electrons. The molecule has 0 bridgehead atoms. The van der Waals surface area contributed by atoms with Crippen molar-refractivity contribution in [3.05, 3.63) is 0 Å². The molecule has 7 heteroatoms. The monoisotopic (exact) mass is 259 g/mol. The summed E-state index contributed by atoms with van der Waals surface area (Å²) in [6.45, 7) is 5.15. The molecule has 0 saturated carbocycles. The molecule has 0 saturated heterocycles. The summed E-state index contributed by atoms with van der Waals surface area (Å²) in [6, 6.07) is -0.489. The first-order valence-electron chi connectivity index (χ1n) is 5.81. The van der Waals surface area contributed by atoms with Gasteiger partial charge in [-0.05, 0) is 20.3 Å². The number of aliphatic carboxylic acids is 1. The van der Waals surface area contributed by atoms with Crippen LogP contribution in [0.2, 0.25) is 0 Å². The fourth-order valence-electron chi connectivity index (χ4n) is 1.25. The summed E-state index contributed by atoms with van der Waals surface area (Å²) >= 11 is 0. The van der Waals surface area contributed by atoms with Crippen molar-refractivity contribution in [2.45, 2.75) is 27.2 Å². The Balaban J connectivity index is 4.47. The van der Waals surface area contributed by atoms with E-state index in [1.165, 1.54) is 4.90 Å². The first-order valence-corrected chi connectivity index (χ1v) is 5.81. The van der Waals surface area contributed by atoms with Crippen molar-refractivity contribution in [1.29, 1.82) is 0 Å². The van der Waals surface area contributed by atoms with Crippen molar-refractivity contribution in [1.82, 2.24) is 10.2 Å². The van der Waals surface area contributed by atoms with Gasteiger partial charge < -0.3 is 21.1 Å². The van der Waals surface area contributed by atoms with E-state index in [0.717, 1.165) is 0 Å². The Morgan fingerprint density at radius 1 is 1.33 bits per heavy atom. The smallest absolute Gasteiger partial charge is 0.317 e. The number of carboxylic acids is 1. The van der Waals surface area contributed by atoms with E-state index < -0.39 is 23.3 Å². The zero-order valence-electron chi connectivity index (χ0n) is 11.0. The SMILES string of the molecule is CCN(CC(N)=O)C(=O)NCC(C)(CC)C(=O)O. The van der Waals surface area contributed by atoms with Gasteiger partial charge in [0.15, 0.2) is 0 Å². The molecular weight excluding hydrogens is 238 g/mol. The minimum Gasteiger partial charge on any atom is -0.481 e. The molecule has 7 nitrogen and oxygen atoms in total. The number of carbonyl (C=O) groups is 3. The summed E-state index contributed by atoms with van der Waals surface area (Å²) in [5.74, 6) is -1.58. The minimum absolute atomic E-state index is 0.00687. The fourth-order valence-corrected chi connectivity index (χ4v) is 1.25. The van der Waals surface area contributed by atoms with Crippen LogP contribution in [0.5, 0.6) is 0 Å². The van der Waals surface area contributed by atoms with Crippen LogP contribution in [-0.4, -0.2) is 47.5 Å². The van der Waals surface area contributed by atoms with Gasteiger partial charge in [-0.15, -0.1) is 0 Å². The summed E-state index contributed by atoms with van der Waals surface area (Å²) in [7, 11) is 0. The van der Waals surface area contributed by atoms with E-state index in [9.17, 15) is 14.4 Å². The van der Waals surface area contributed by atoms with Crippen LogP contribution in [0.15, 0.2) is 0 Å². The highest BCUT2D eigenvalue weighted by Crippen LogP contribution is 2.19. The van der Waals surface area contributed by atoms with Gasteiger partial charge in [-0.3, -0.25) is 9.59 Å². The Bertz CT molecular complexity index is 332. The van der Waals surface area contributed by atoms with Crippen molar-refractivity contribution in [2.75, 3.05) is 19.6 Å². The molecule has 0 fully saturated rings. The first-order chi connectivity index (χ1) is 8.26. The molecular formula is C11H21N3O4. The largest absolute Gasteiger partial charge is 0.481 e. The number of rotatable bonds is 7. The molecule has 0 aromatic rings. The zero-order chi connectivity index (χ0) is 14.3. The lowest BCUT2D eigenvalue weighted by Gasteiger charge is -2.26. The van der Waals surface area contributed by atoms with Gasteiger partial charge in [0.1, 0.15) is 6.54 Å². The molecule has 3 amide bonds. The fraction of sp³-hybridized carbons (Fsp3) is 0.727. The lowest BCUT2D eigenvalue weighted by atomic mass is 9.88. The molecule has 0 heterocycles. The number of amides is 3. The number of carboxylic acid groups (broad SMARTS) is 1. The Hall–Kier alpha value is -1.79. The van der Waals surface area contributed by atoms with E-state index in [1.54, 1.807) is 20.8 Å². The van der Waals surface area contributed by atoms with E-state index in [4.69, 9.17) is 10.8 Å². The molecule has 4 N–H and O–H groups in total. The van der Waals surface area contributed by atoms with Crippen molar-refractivity contribution in [2.24, 2.45) is 11.1 Å². The number of nitrogens with zero attached hydrogens (tertiary/aromatic N) is 1. The second-order valence-corrected chi connectivity index (χ2v) is 4.36. The normalized spacial score (nSPS) is 13.5. The number of nitrogens with one attached hydrogen (secondary N) is 1. The zero-order valence-corrected chi connectivity index (χ0v) is 11.0. The van der Waals surface area contributed by atoms with E-state index >= 15 is 0 Å². The number of hydrogen-bond acceptors (Lipinski definition) is 3. The van der Waals surface area contributed by atoms with Crippen molar-refractivity contribution >= 4 is 17.9 Å². The average Bonchev–Trinajstić information content (AvgIpc) is 2.31. The van der Waals surface area contributed by atoms with Gasteiger partial charge in [-0.2, -0.15) is 0 Å². The predicted molar refractivity (Wildman–Crippen MR) is 65.9 cm³/mol. The van der Waals surface area contributed by atoms with E-state index in [1.807, 2.05) is 0 Å². The third-order valence-corrected chi connectivity index (χ3v) is 2.94. The highest BCUT2D eigenvalue weighted by atomic mass is 16.4. The molecule has 18 heavy (non-hydrogen) atoms. The van der Waals surface area contributed by atoms with Crippen LogP contribution in [-0.2, 0) is 9.59 Å². The average molecular weight is 259 g/mol. The molecule has 0 radical (unpaired) electrons. The van der Waals surface area contributed by atoms with Gasteiger partial charge in [-0.1, -0.05) is 6.92 Å². The van der Waals surface area contributed by atoms with Crippen LogP contribution >= 0.6 is 0 Å².